The minimum Gasteiger partial charge on any atom is -0.456 e. The van der Waals surface area contributed by atoms with Crippen molar-refractivity contribution >= 4 is 11.5 Å². The van der Waals surface area contributed by atoms with Gasteiger partial charge in [-0.3, -0.25) is 0 Å². The van der Waals surface area contributed by atoms with E-state index >= 15 is 0 Å². The molecule has 0 fully saturated rings. The van der Waals surface area contributed by atoms with Gasteiger partial charge in [-0.1, -0.05) is 12.1 Å². The standard InChI is InChI=1S/C18H11N5O/c19-11-13-3-1-2-4-17(13)24-15-7-5-14(6-8-15)23-18-16(12-20)21-9-10-22-18/h1-10H,(H,22,23). The number of aromatic nitrogens is 2. The second kappa shape index (κ2) is 6.91. The molecule has 3 rings (SSSR count). The monoisotopic (exact) mass is 313 g/mol. The SMILES string of the molecule is N#Cc1ccccc1Oc1ccc(Nc2nccnc2C#N)cc1. The molecule has 0 bridgehead atoms. The minimum atomic E-state index is 0.223. The van der Waals surface area contributed by atoms with Crippen LogP contribution in [-0.4, -0.2) is 9.97 Å². The highest BCUT2D eigenvalue weighted by Crippen LogP contribution is 2.26. The molecule has 0 unspecified atom stereocenters. The maximum absolute atomic E-state index is 9.07. The Morgan fingerprint density at radius 2 is 1.62 bits per heavy atom. The Kier molecular flexibility index (Phi) is 4.32. The summed E-state index contributed by atoms with van der Waals surface area (Å²) in [5.74, 6) is 1.49. The first-order valence-electron chi connectivity index (χ1n) is 7.05. The van der Waals surface area contributed by atoms with E-state index in [1.807, 2.05) is 12.1 Å². The van der Waals surface area contributed by atoms with Crippen LogP contribution in [0.25, 0.3) is 0 Å². The number of hydrogen-bond donors (Lipinski definition) is 1. The third-order valence-electron chi connectivity index (χ3n) is 3.16. The van der Waals surface area contributed by atoms with Gasteiger partial charge in [-0.15, -0.1) is 0 Å². The summed E-state index contributed by atoms with van der Waals surface area (Å²) < 4.78 is 5.72. The number of nitriles is 2. The van der Waals surface area contributed by atoms with Crippen LogP contribution in [-0.2, 0) is 0 Å². The van der Waals surface area contributed by atoms with Gasteiger partial charge in [-0.05, 0) is 36.4 Å². The molecule has 114 valence electrons. The van der Waals surface area contributed by atoms with Gasteiger partial charge in [0, 0.05) is 18.1 Å². The topological polar surface area (TPSA) is 94.6 Å². The molecule has 0 amide bonds. The molecule has 0 spiro atoms. The lowest BCUT2D eigenvalue weighted by Gasteiger charge is -2.09. The van der Waals surface area contributed by atoms with Crippen molar-refractivity contribution in [1.29, 1.82) is 10.5 Å². The molecule has 0 saturated heterocycles. The number of para-hydroxylation sites is 1. The summed E-state index contributed by atoms with van der Waals surface area (Å²) >= 11 is 0. The number of hydrogen-bond acceptors (Lipinski definition) is 6. The number of ether oxygens (including phenoxy) is 1. The van der Waals surface area contributed by atoms with Gasteiger partial charge in [0.2, 0.25) is 0 Å². The Morgan fingerprint density at radius 1 is 0.875 bits per heavy atom. The molecule has 0 aliphatic rings. The highest BCUT2D eigenvalue weighted by molar-refractivity contribution is 5.61. The number of nitrogens with zero attached hydrogens (tertiary/aromatic N) is 4. The van der Waals surface area contributed by atoms with Crippen molar-refractivity contribution in [2.75, 3.05) is 5.32 Å². The average molecular weight is 313 g/mol. The Labute approximate surface area is 138 Å². The zero-order chi connectivity index (χ0) is 16.8. The third-order valence-corrected chi connectivity index (χ3v) is 3.16. The van der Waals surface area contributed by atoms with Crippen molar-refractivity contribution in [3.05, 3.63) is 72.2 Å². The maximum atomic E-state index is 9.07. The van der Waals surface area contributed by atoms with E-state index in [1.165, 1.54) is 12.4 Å². The van der Waals surface area contributed by atoms with Crippen molar-refractivity contribution in [2.45, 2.75) is 0 Å². The van der Waals surface area contributed by atoms with E-state index in [9.17, 15) is 0 Å². The molecule has 0 atom stereocenters. The molecule has 2 aromatic carbocycles. The Bertz CT molecular complexity index is 860. The molecule has 0 radical (unpaired) electrons. The van der Waals surface area contributed by atoms with E-state index < -0.39 is 0 Å². The van der Waals surface area contributed by atoms with E-state index in [-0.39, 0.29) is 5.69 Å². The zero-order valence-electron chi connectivity index (χ0n) is 12.5. The zero-order valence-corrected chi connectivity index (χ0v) is 12.5. The number of anilines is 2. The summed E-state index contributed by atoms with van der Waals surface area (Å²) in [6, 6.07) is 18.2. The van der Waals surface area contributed by atoms with Crippen LogP contribution in [0, 0.1) is 22.7 Å². The lowest BCUT2D eigenvalue weighted by atomic mass is 10.2. The molecule has 1 heterocycles. The maximum Gasteiger partial charge on any atom is 0.183 e. The largest absolute Gasteiger partial charge is 0.456 e. The Hall–Kier alpha value is -3.90. The van der Waals surface area contributed by atoms with Crippen LogP contribution in [0.5, 0.6) is 11.5 Å². The smallest absolute Gasteiger partial charge is 0.183 e. The van der Waals surface area contributed by atoms with Gasteiger partial charge < -0.3 is 10.1 Å². The molecule has 0 saturated carbocycles. The molecule has 3 aromatic rings. The summed E-state index contributed by atoms with van der Waals surface area (Å²) in [6.45, 7) is 0. The van der Waals surface area contributed by atoms with Gasteiger partial charge in [0.05, 0.1) is 5.56 Å². The molecule has 6 heteroatoms. The van der Waals surface area contributed by atoms with Gasteiger partial charge in [0.15, 0.2) is 11.5 Å². The van der Waals surface area contributed by atoms with Gasteiger partial charge in [-0.2, -0.15) is 10.5 Å². The molecule has 6 nitrogen and oxygen atoms in total. The molecule has 1 aromatic heterocycles. The van der Waals surface area contributed by atoms with Crippen LogP contribution in [0.1, 0.15) is 11.3 Å². The van der Waals surface area contributed by atoms with Crippen LogP contribution in [0.15, 0.2) is 60.9 Å². The number of rotatable bonds is 4. The Balaban J connectivity index is 1.77. The summed E-state index contributed by atoms with van der Waals surface area (Å²) in [5.41, 5.74) is 1.44. The quantitative estimate of drug-likeness (QED) is 0.788. The van der Waals surface area contributed by atoms with Crippen molar-refractivity contribution in [2.24, 2.45) is 0 Å². The second-order valence-corrected chi connectivity index (χ2v) is 4.72. The Morgan fingerprint density at radius 3 is 2.38 bits per heavy atom. The van der Waals surface area contributed by atoms with E-state index in [0.29, 0.717) is 22.9 Å². The minimum absolute atomic E-state index is 0.223. The molecule has 1 N–H and O–H groups in total. The van der Waals surface area contributed by atoms with Crippen molar-refractivity contribution < 1.29 is 4.74 Å². The van der Waals surface area contributed by atoms with Crippen molar-refractivity contribution in [3.8, 4) is 23.6 Å². The van der Waals surface area contributed by atoms with Crippen LogP contribution < -0.4 is 10.1 Å². The third kappa shape index (κ3) is 3.29. The van der Waals surface area contributed by atoms with Crippen LogP contribution in [0.3, 0.4) is 0 Å². The fraction of sp³-hybridized carbons (Fsp3) is 0. The van der Waals surface area contributed by atoms with E-state index in [2.05, 4.69) is 21.4 Å². The first kappa shape index (κ1) is 15.0. The lowest BCUT2D eigenvalue weighted by molar-refractivity contribution is 0.481. The van der Waals surface area contributed by atoms with Gasteiger partial charge in [0.25, 0.3) is 0 Å². The predicted octanol–water partition coefficient (Wildman–Crippen LogP) is 3.76. The van der Waals surface area contributed by atoms with E-state index in [1.54, 1.807) is 42.5 Å². The van der Waals surface area contributed by atoms with Crippen LogP contribution in [0.4, 0.5) is 11.5 Å². The van der Waals surface area contributed by atoms with Crippen molar-refractivity contribution in [3.63, 3.8) is 0 Å². The van der Waals surface area contributed by atoms with Crippen LogP contribution in [0.2, 0.25) is 0 Å². The van der Waals surface area contributed by atoms with Gasteiger partial charge >= 0.3 is 0 Å². The molecule has 0 aliphatic heterocycles. The highest BCUT2D eigenvalue weighted by atomic mass is 16.5. The second-order valence-electron chi connectivity index (χ2n) is 4.72. The summed E-state index contributed by atoms with van der Waals surface area (Å²) in [4.78, 5) is 8.04. The van der Waals surface area contributed by atoms with Crippen molar-refractivity contribution in [1.82, 2.24) is 9.97 Å². The summed E-state index contributed by atoms with van der Waals surface area (Å²) in [7, 11) is 0. The molecule has 0 aliphatic carbocycles. The van der Waals surface area contributed by atoms with Gasteiger partial charge in [-0.25, -0.2) is 9.97 Å². The van der Waals surface area contributed by atoms with Gasteiger partial charge in [0.1, 0.15) is 23.6 Å². The predicted molar refractivity (Wildman–Crippen MR) is 87.7 cm³/mol. The van der Waals surface area contributed by atoms with E-state index in [4.69, 9.17) is 15.3 Å². The lowest BCUT2D eigenvalue weighted by Crippen LogP contribution is -1.98. The number of nitrogens with one attached hydrogen (secondary N) is 1. The molecular weight excluding hydrogens is 302 g/mol. The first-order valence-corrected chi connectivity index (χ1v) is 7.05. The summed E-state index contributed by atoms with van der Waals surface area (Å²) in [5, 5.41) is 21.1. The average Bonchev–Trinajstić information content (AvgIpc) is 2.64. The fourth-order valence-electron chi connectivity index (χ4n) is 2.03. The molecular formula is C18H11N5O. The highest BCUT2D eigenvalue weighted by Gasteiger charge is 2.06. The number of benzene rings is 2. The normalized spacial score (nSPS) is 9.58. The summed E-state index contributed by atoms with van der Waals surface area (Å²) in [6.07, 6.45) is 2.98. The van der Waals surface area contributed by atoms with E-state index in [0.717, 1.165) is 5.69 Å². The fourth-order valence-corrected chi connectivity index (χ4v) is 2.03. The molecule has 24 heavy (non-hydrogen) atoms. The van der Waals surface area contributed by atoms with Crippen LogP contribution >= 0.6 is 0 Å². The first-order chi connectivity index (χ1) is 11.8.